The van der Waals surface area contributed by atoms with Gasteiger partial charge in [0, 0.05) is 10.6 Å². The smallest absolute Gasteiger partial charge is 0.127 e. The van der Waals surface area contributed by atoms with Crippen molar-refractivity contribution in [3.8, 4) is 11.5 Å². The first kappa shape index (κ1) is 15.9. The Morgan fingerprint density at radius 1 is 1.05 bits per heavy atom. The summed E-state index contributed by atoms with van der Waals surface area (Å²) in [6, 6.07) is 9.95. The SMILES string of the molecule is COc1cccc(OC)c1C(Cl)Cc1c(F)cccc1Cl. The minimum absolute atomic E-state index is 0.240. The van der Waals surface area contributed by atoms with Crippen molar-refractivity contribution in [2.24, 2.45) is 0 Å². The van der Waals surface area contributed by atoms with E-state index in [0.29, 0.717) is 27.6 Å². The van der Waals surface area contributed by atoms with E-state index in [2.05, 4.69) is 0 Å². The second-order valence-corrected chi connectivity index (χ2v) is 5.38. The standard InChI is InChI=1S/C16H15Cl2FO2/c1-20-14-7-4-8-15(21-2)16(14)12(18)9-10-11(17)5-3-6-13(10)19/h3-8,12H,9H2,1-2H3. The number of rotatable bonds is 5. The van der Waals surface area contributed by atoms with Crippen molar-refractivity contribution in [2.75, 3.05) is 14.2 Å². The number of halogens is 3. The molecule has 0 aliphatic rings. The van der Waals surface area contributed by atoms with E-state index in [-0.39, 0.29) is 12.2 Å². The van der Waals surface area contributed by atoms with Gasteiger partial charge in [-0.15, -0.1) is 11.6 Å². The van der Waals surface area contributed by atoms with Crippen LogP contribution in [0.15, 0.2) is 36.4 Å². The van der Waals surface area contributed by atoms with E-state index in [1.165, 1.54) is 6.07 Å². The Morgan fingerprint density at radius 3 is 2.14 bits per heavy atom. The molecule has 0 aromatic heterocycles. The van der Waals surface area contributed by atoms with E-state index in [9.17, 15) is 4.39 Å². The van der Waals surface area contributed by atoms with E-state index in [1.54, 1.807) is 44.6 Å². The summed E-state index contributed by atoms with van der Waals surface area (Å²) >= 11 is 12.5. The Balaban J connectivity index is 2.39. The summed E-state index contributed by atoms with van der Waals surface area (Å²) in [6.07, 6.45) is 0.240. The highest BCUT2D eigenvalue weighted by atomic mass is 35.5. The third kappa shape index (κ3) is 3.42. The highest BCUT2D eigenvalue weighted by molar-refractivity contribution is 6.31. The van der Waals surface area contributed by atoms with Crippen LogP contribution in [0.2, 0.25) is 5.02 Å². The van der Waals surface area contributed by atoms with Gasteiger partial charge >= 0.3 is 0 Å². The Bertz CT molecular complexity index is 589. The summed E-state index contributed by atoms with van der Waals surface area (Å²) in [5.74, 6) is 0.825. The van der Waals surface area contributed by atoms with Gasteiger partial charge in [0.15, 0.2) is 0 Å². The van der Waals surface area contributed by atoms with Crippen LogP contribution >= 0.6 is 23.2 Å². The van der Waals surface area contributed by atoms with Crippen LogP contribution in [-0.4, -0.2) is 14.2 Å². The lowest BCUT2D eigenvalue weighted by Crippen LogP contribution is -2.04. The lowest BCUT2D eigenvalue weighted by Gasteiger charge is -2.18. The average molecular weight is 329 g/mol. The molecule has 2 aromatic carbocycles. The summed E-state index contributed by atoms with van der Waals surface area (Å²) in [7, 11) is 3.11. The second-order valence-electron chi connectivity index (χ2n) is 4.45. The van der Waals surface area contributed by atoms with Crippen LogP contribution in [0.25, 0.3) is 0 Å². The molecule has 0 radical (unpaired) electrons. The Labute approximate surface area is 133 Å². The minimum Gasteiger partial charge on any atom is -0.496 e. The molecule has 2 rings (SSSR count). The molecule has 21 heavy (non-hydrogen) atoms. The fourth-order valence-corrected chi connectivity index (χ4v) is 2.81. The summed E-state index contributed by atoms with van der Waals surface area (Å²) in [5.41, 5.74) is 1.07. The molecule has 2 aromatic rings. The van der Waals surface area contributed by atoms with Gasteiger partial charge in [-0.3, -0.25) is 0 Å². The number of hydrogen-bond acceptors (Lipinski definition) is 2. The van der Waals surface area contributed by atoms with Gasteiger partial charge in [-0.1, -0.05) is 23.7 Å². The maximum absolute atomic E-state index is 13.9. The van der Waals surface area contributed by atoms with Crippen LogP contribution in [0, 0.1) is 5.82 Å². The zero-order chi connectivity index (χ0) is 15.4. The van der Waals surface area contributed by atoms with Crippen molar-refractivity contribution in [3.63, 3.8) is 0 Å². The summed E-state index contributed by atoms with van der Waals surface area (Å²) < 4.78 is 24.5. The molecule has 0 spiro atoms. The van der Waals surface area contributed by atoms with Crippen molar-refractivity contribution in [3.05, 3.63) is 58.4 Å². The van der Waals surface area contributed by atoms with Crippen molar-refractivity contribution in [1.82, 2.24) is 0 Å². The highest BCUT2D eigenvalue weighted by Gasteiger charge is 2.21. The number of methoxy groups -OCH3 is 2. The monoisotopic (exact) mass is 328 g/mol. The van der Waals surface area contributed by atoms with E-state index in [1.807, 2.05) is 0 Å². The molecule has 0 saturated carbocycles. The van der Waals surface area contributed by atoms with Crippen molar-refractivity contribution in [2.45, 2.75) is 11.8 Å². The molecule has 0 bridgehead atoms. The van der Waals surface area contributed by atoms with Gasteiger partial charge in [0.2, 0.25) is 0 Å². The molecule has 0 aliphatic heterocycles. The predicted molar refractivity (Wildman–Crippen MR) is 83.3 cm³/mol. The third-order valence-corrected chi connectivity index (χ3v) is 3.95. The molecule has 5 heteroatoms. The van der Waals surface area contributed by atoms with Crippen molar-refractivity contribution in [1.29, 1.82) is 0 Å². The lowest BCUT2D eigenvalue weighted by molar-refractivity contribution is 0.384. The summed E-state index contributed by atoms with van der Waals surface area (Å²) in [6.45, 7) is 0. The first-order valence-corrected chi connectivity index (χ1v) is 7.17. The number of benzene rings is 2. The number of hydrogen-bond donors (Lipinski definition) is 0. The van der Waals surface area contributed by atoms with Gasteiger partial charge < -0.3 is 9.47 Å². The zero-order valence-electron chi connectivity index (χ0n) is 11.7. The second kappa shape index (κ2) is 7.01. The molecule has 0 amide bonds. The summed E-state index contributed by atoms with van der Waals surface area (Å²) in [4.78, 5) is 0. The molecular weight excluding hydrogens is 314 g/mol. The number of alkyl halides is 1. The average Bonchev–Trinajstić information content (AvgIpc) is 2.49. The molecule has 1 unspecified atom stereocenters. The van der Waals surface area contributed by atoms with Gasteiger partial charge in [0.1, 0.15) is 17.3 Å². The molecule has 0 aliphatic carbocycles. The topological polar surface area (TPSA) is 18.5 Å². The molecule has 2 nitrogen and oxygen atoms in total. The van der Waals surface area contributed by atoms with Crippen LogP contribution in [0.5, 0.6) is 11.5 Å². The van der Waals surface area contributed by atoms with E-state index in [4.69, 9.17) is 32.7 Å². The molecule has 112 valence electrons. The Morgan fingerprint density at radius 2 is 1.62 bits per heavy atom. The fourth-order valence-electron chi connectivity index (χ4n) is 2.20. The maximum Gasteiger partial charge on any atom is 0.127 e. The van der Waals surface area contributed by atoms with Gasteiger partial charge in [0.05, 0.1) is 25.2 Å². The van der Waals surface area contributed by atoms with Crippen LogP contribution in [0.1, 0.15) is 16.5 Å². The quantitative estimate of drug-likeness (QED) is 0.717. The van der Waals surface area contributed by atoms with Gasteiger partial charge in [-0.2, -0.15) is 0 Å². The lowest BCUT2D eigenvalue weighted by atomic mass is 10.0. The molecule has 0 heterocycles. The summed E-state index contributed by atoms with van der Waals surface area (Å²) in [5, 5.41) is -0.167. The number of ether oxygens (including phenoxy) is 2. The van der Waals surface area contributed by atoms with Crippen LogP contribution in [0.3, 0.4) is 0 Å². The van der Waals surface area contributed by atoms with Gasteiger partial charge in [-0.25, -0.2) is 4.39 Å². The molecule has 1 atom stereocenters. The van der Waals surface area contributed by atoms with E-state index >= 15 is 0 Å². The normalized spacial score (nSPS) is 12.0. The van der Waals surface area contributed by atoms with Crippen LogP contribution in [-0.2, 0) is 6.42 Å². The van der Waals surface area contributed by atoms with Gasteiger partial charge in [-0.05, 0) is 30.7 Å². The minimum atomic E-state index is -0.523. The van der Waals surface area contributed by atoms with Crippen LogP contribution in [0.4, 0.5) is 4.39 Å². The zero-order valence-corrected chi connectivity index (χ0v) is 13.2. The Hall–Kier alpha value is -1.45. The Kier molecular flexibility index (Phi) is 5.32. The molecular formula is C16H15Cl2FO2. The fraction of sp³-hybridized carbons (Fsp3) is 0.250. The van der Waals surface area contributed by atoms with Crippen molar-refractivity contribution < 1.29 is 13.9 Å². The molecule has 0 fully saturated rings. The third-order valence-electron chi connectivity index (χ3n) is 3.22. The largest absolute Gasteiger partial charge is 0.496 e. The first-order valence-electron chi connectivity index (χ1n) is 6.36. The van der Waals surface area contributed by atoms with Gasteiger partial charge in [0.25, 0.3) is 0 Å². The van der Waals surface area contributed by atoms with Crippen LogP contribution < -0.4 is 9.47 Å². The molecule has 0 N–H and O–H groups in total. The first-order chi connectivity index (χ1) is 10.1. The highest BCUT2D eigenvalue weighted by Crippen LogP contribution is 2.40. The van der Waals surface area contributed by atoms with E-state index in [0.717, 1.165) is 0 Å². The van der Waals surface area contributed by atoms with Crippen molar-refractivity contribution >= 4 is 23.2 Å². The maximum atomic E-state index is 13.9. The van der Waals surface area contributed by atoms with E-state index < -0.39 is 5.38 Å². The predicted octanol–water partition coefficient (Wildman–Crippen LogP) is 5.02. The molecule has 0 saturated heterocycles.